The van der Waals surface area contributed by atoms with Crippen molar-refractivity contribution in [3.8, 4) is 0 Å². The summed E-state index contributed by atoms with van der Waals surface area (Å²) in [5.41, 5.74) is 0.898. The highest BCUT2D eigenvalue weighted by Crippen LogP contribution is 2.06. The van der Waals surface area contributed by atoms with Gasteiger partial charge in [-0.25, -0.2) is 0 Å². The lowest BCUT2D eigenvalue weighted by molar-refractivity contribution is -0.120. The summed E-state index contributed by atoms with van der Waals surface area (Å²) >= 11 is 0. The monoisotopic (exact) mass is 259 g/mol. The first-order chi connectivity index (χ1) is 9.24. The molecule has 0 saturated heterocycles. The van der Waals surface area contributed by atoms with E-state index in [1.54, 1.807) is 13.0 Å². The number of nitrogens with one attached hydrogen (secondary N) is 1. The summed E-state index contributed by atoms with van der Waals surface area (Å²) in [6.07, 6.45) is 1.54. The third-order valence-electron chi connectivity index (χ3n) is 2.17. The van der Waals surface area contributed by atoms with Crippen molar-refractivity contribution in [1.82, 2.24) is 5.16 Å². The van der Waals surface area contributed by atoms with E-state index in [1.165, 1.54) is 6.21 Å². The van der Waals surface area contributed by atoms with Crippen LogP contribution in [0.25, 0.3) is 0 Å². The van der Waals surface area contributed by atoms with Gasteiger partial charge in [0.2, 0.25) is 0 Å². The van der Waals surface area contributed by atoms with Crippen LogP contribution in [0, 0.1) is 6.92 Å². The van der Waals surface area contributed by atoms with Gasteiger partial charge in [-0.3, -0.25) is 4.79 Å². The predicted octanol–water partition coefficient (Wildman–Crippen LogP) is 1.97. The quantitative estimate of drug-likeness (QED) is 0.658. The Morgan fingerprint density at radius 2 is 2.26 bits per heavy atom. The van der Waals surface area contributed by atoms with E-state index >= 15 is 0 Å². The summed E-state index contributed by atoms with van der Waals surface area (Å²) in [6, 6.07) is 11.1. The highest BCUT2D eigenvalue weighted by atomic mass is 16.6. The molecule has 6 heteroatoms. The molecule has 0 aliphatic rings. The smallest absolute Gasteiger partial charge is 0.266 e. The molecule has 6 nitrogen and oxygen atoms in total. The maximum absolute atomic E-state index is 11.4. The number of aryl methyl sites for hydroxylation is 1. The highest BCUT2D eigenvalue weighted by molar-refractivity contribution is 5.90. The number of hydrogen-bond acceptors (Lipinski definition) is 5. The summed E-state index contributed by atoms with van der Waals surface area (Å²) < 4.78 is 4.81. The van der Waals surface area contributed by atoms with Gasteiger partial charge in [0, 0.05) is 6.07 Å². The van der Waals surface area contributed by atoms with Crippen molar-refractivity contribution in [2.45, 2.75) is 6.92 Å². The molecule has 1 aromatic carbocycles. The first-order valence-corrected chi connectivity index (χ1v) is 5.67. The molecule has 1 amide bonds. The first kappa shape index (κ1) is 12.8. The molecule has 0 radical (unpaired) electrons. The van der Waals surface area contributed by atoms with Gasteiger partial charge in [0.25, 0.3) is 5.91 Å². The van der Waals surface area contributed by atoms with Crippen LogP contribution < -0.4 is 5.32 Å². The van der Waals surface area contributed by atoms with Crippen molar-refractivity contribution in [3.63, 3.8) is 0 Å². The lowest BCUT2D eigenvalue weighted by atomic mass is 10.2. The van der Waals surface area contributed by atoms with Crippen molar-refractivity contribution in [2.75, 3.05) is 11.9 Å². The van der Waals surface area contributed by atoms with Gasteiger partial charge in [-0.05, 0) is 12.5 Å². The van der Waals surface area contributed by atoms with E-state index in [0.717, 1.165) is 5.56 Å². The standard InChI is InChI=1S/C13H13N3O3/c1-10-7-12(16-19-10)15-13(17)9-18-14-8-11-5-3-2-4-6-11/h2-8H,9H2,1H3,(H,15,16,17)/b14-8-. The Kier molecular flexibility index (Phi) is 4.28. The van der Waals surface area contributed by atoms with Crippen molar-refractivity contribution in [3.05, 3.63) is 47.7 Å². The molecule has 0 aliphatic heterocycles. The number of anilines is 1. The number of carbonyl (C=O) groups excluding carboxylic acids is 1. The molecule has 0 spiro atoms. The molecular weight excluding hydrogens is 246 g/mol. The molecule has 0 unspecified atom stereocenters. The maximum Gasteiger partial charge on any atom is 0.266 e. The van der Waals surface area contributed by atoms with Gasteiger partial charge in [0.1, 0.15) is 5.76 Å². The van der Waals surface area contributed by atoms with Crippen LogP contribution in [-0.4, -0.2) is 23.9 Å². The molecular formula is C13H13N3O3. The minimum Gasteiger partial charge on any atom is -0.386 e. The molecule has 0 saturated carbocycles. The van der Waals surface area contributed by atoms with E-state index in [4.69, 9.17) is 9.36 Å². The molecule has 1 aromatic heterocycles. The van der Waals surface area contributed by atoms with Gasteiger partial charge in [-0.15, -0.1) is 0 Å². The zero-order chi connectivity index (χ0) is 13.5. The third-order valence-corrected chi connectivity index (χ3v) is 2.17. The number of rotatable bonds is 5. The topological polar surface area (TPSA) is 76.7 Å². The van der Waals surface area contributed by atoms with Crippen LogP contribution in [0.15, 0.2) is 46.1 Å². The number of nitrogens with zero attached hydrogens (tertiary/aromatic N) is 2. The molecule has 0 fully saturated rings. The second-order valence-corrected chi connectivity index (χ2v) is 3.79. The molecule has 2 aromatic rings. The van der Waals surface area contributed by atoms with Gasteiger partial charge in [-0.1, -0.05) is 40.6 Å². The fraction of sp³-hybridized carbons (Fsp3) is 0.154. The van der Waals surface area contributed by atoms with E-state index in [2.05, 4.69) is 15.6 Å². The summed E-state index contributed by atoms with van der Waals surface area (Å²) in [6.45, 7) is 1.55. The Balaban J connectivity index is 1.74. The molecule has 98 valence electrons. The normalized spacial score (nSPS) is 10.6. The Morgan fingerprint density at radius 3 is 2.95 bits per heavy atom. The van der Waals surface area contributed by atoms with Gasteiger partial charge in [0.05, 0.1) is 6.21 Å². The lowest BCUT2D eigenvalue weighted by Gasteiger charge is -1.99. The van der Waals surface area contributed by atoms with Gasteiger partial charge in [0.15, 0.2) is 12.4 Å². The van der Waals surface area contributed by atoms with Crippen LogP contribution in [0.2, 0.25) is 0 Å². The molecule has 1 N–H and O–H groups in total. The summed E-state index contributed by atoms with van der Waals surface area (Å²) in [5.74, 6) is 0.634. The second-order valence-electron chi connectivity index (χ2n) is 3.79. The average molecular weight is 259 g/mol. The van der Waals surface area contributed by atoms with Gasteiger partial charge >= 0.3 is 0 Å². The Bertz CT molecular complexity index is 564. The lowest BCUT2D eigenvalue weighted by Crippen LogP contribution is -2.17. The molecule has 2 rings (SSSR count). The fourth-order valence-electron chi connectivity index (χ4n) is 1.34. The molecule has 19 heavy (non-hydrogen) atoms. The zero-order valence-electron chi connectivity index (χ0n) is 10.4. The number of amides is 1. The number of oxime groups is 1. The van der Waals surface area contributed by atoms with E-state index in [-0.39, 0.29) is 12.5 Å². The minimum atomic E-state index is -0.349. The number of hydrogen-bond donors (Lipinski definition) is 1. The van der Waals surface area contributed by atoms with Crippen LogP contribution in [0.1, 0.15) is 11.3 Å². The van der Waals surface area contributed by atoms with Crippen molar-refractivity contribution >= 4 is 17.9 Å². The van der Waals surface area contributed by atoms with Crippen LogP contribution in [0.4, 0.5) is 5.82 Å². The van der Waals surface area contributed by atoms with E-state index < -0.39 is 0 Å². The third kappa shape index (κ3) is 4.27. The largest absolute Gasteiger partial charge is 0.386 e. The maximum atomic E-state index is 11.4. The van der Waals surface area contributed by atoms with Crippen LogP contribution in [0.5, 0.6) is 0 Å². The van der Waals surface area contributed by atoms with E-state index in [9.17, 15) is 4.79 Å². The SMILES string of the molecule is Cc1cc(NC(=O)CO/N=C\c2ccccc2)no1. The summed E-state index contributed by atoms with van der Waals surface area (Å²) in [5, 5.41) is 9.85. The van der Waals surface area contributed by atoms with Crippen LogP contribution >= 0.6 is 0 Å². The summed E-state index contributed by atoms with van der Waals surface area (Å²) in [7, 11) is 0. The number of carbonyl (C=O) groups is 1. The molecule has 0 atom stereocenters. The Morgan fingerprint density at radius 1 is 1.47 bits per heavy atom. The Labute approximate surface area is 110 Å². The van der Waals surface area contributed by atoms with E-state index in [1.807, 2.05) is 30.3 Å². The van der Waals surface area contributed by atoms with E-state index in [0.29, 0.717) is 11.6 Å². The number of aromatic nitrogens is 1. The minimum absolute atomic E-state index is 0.185. The summed E-state index contributed by atoms with van der Waals surface area (Å²) in [4.78, 5) is 16.3. The van der Waals surface area contributed by atoms with Gasteiger partial charge < -0.3 is 14.7 Å². The highest BCUT2D eigenvalue weighted by Gasteiger charge is 2.05. The molecule has 1 heterocycles. The zero-order valence-corrected chi connectivity index (χ0v) is 10.4. The van der Waals surface area contributed by atoms with Crippen molar-refractivity contribution < 1.29 is 14.2 Å². The predicted molar refractivity (Wildman–Crippen MR) is 69.9 cm³/mol. The molecule has 0 aliphatic carbocycles. The van der Waals surface area contributed by atoms with Crippen molar-refractivity contribution in [1.29, 1.82) is 0 Å². The van der Waals surface area contributed by atoms with Gasteiger partial charge in [-0.2, -0.15) is 0 Å². The second kappa shape index (κ2) is 6.34. The fourth-order valence-corrected chi connectivity index (χ4v) is 1.34. The van der Waals surface area contributed by atoms with Crippen LogP contribution in [0.3, 0.4) is 0 Å². The first-order valence-electron chi connectivity index (χ1n) is 5.67. The Hall–Kier alpha value is -2.63. The average Bonchev–Trinajstić information content (AvgIpc) is 2.81. The van der Waals surface area contributed by atoms with Crippen molar-refractivity contribution in [2.24, 2.45) is 5.16 Å². The molecule has 0 bridgehead atoms. The van der Waals surface area contributed by atoms with Crippen LogP contribution in [-0.2, 0) is 9.63 Å². The number of benzene rings is 1.